The number of nitrogens with one attached hydrogen (secondary N) is 1. The molecule has 1 aromatic rings. The van der Waals surface area contributed by atoms with Crippen molar-refractivity contribution in [1.29, 1.82) is 0 Å². The molecule has 0 aliphatic carbocycles. The van der Waals surface area contributed by atoms with Crippen molar-refractivity contribution in [3.63, 3.8) is 0 Å². The SMILES string of the molecule is CCCCCNS(=O)(=O)Cc1cccc(N)c1. The van der Waals surface area contributed by atoms with Crippen LogP contribution in [-0.2, 0) is 15.8 Å². The van der Waals surface area contributed by atoms with E-state index in [9.17, 15) is 8.42 Å². The molecule has 3 N–H and O–H groups in total. The second-order valence-corrected chi connectivity index (χ2v) is 5.91. The van der Waals surface area contributed by atoms with Crippen molar-refractivity contribution in [1.82, 2.24) is 4.72 Å². The van der Waals surface area contributed by atoms with Gasteiger partial charge in [0.15, 0.2) is 0 Å². The maximum atomic E-state index is 11.7. The Morgan fingerprint density at radius 3 is 2.71 bits per heavy atom. The van der Waals surface area contributed by atoms with Crippen LogP contribution in [0.4, 0.5) is 5.69 Å². The summed E-state index contributed by atoms with van der Waals surface area (Å²) in [6.45, 7) is 2.60. The Morgan fingerprint density at radius 2 is 2.06 bits per heavy atom. The maximum Gasteiger partial charge on any atom is 0.215 e. The van der Waals surface area contributed by atoms with Crippen molar-refractivity contribution >= 4 is 15.7 Å². The molecule has 5 heteroatoms. The van der Waals surface area contributed by atoms with Gasteiger partial charge in [0.05, 0.1) is 5.75 Å². The van der Waals surface area contributed by atoms with E-state index in [1.54, 1.807) is 24.3 Å². The minimum absolute atomic E-state index is 0.00976. The molecule has 4 nitrogen and oxygen atoms in total. The van der Waals surface area contributed by atoms with Crippen molar-refractivity contribution in [2.75, 3.05) is 12.3 Å². The van der Waals surface area contributed by atoms with Crippen LogP contribution in [0.15, 0.2) is 24.3 Å². The van der Waals surface area contributed by atoms with E-state index in [0.29, 0.717) is 17.8 Å². The molecule has 0 aromatic heterocycles. The summed E-state index contributed by atoms with van der Waals surface area (Å²) in [5.41, 5.74) is 6.90. The van der Waals surface area contributed by atoms with Crippen molar-refractivity contribution in [2.45, 2.75) is 31.9 Å². The molecule has 17 heavy (non-hydrogen) atoms. The monoisotopic (exact) mass is 256 g/mol. The summed E-state index contributed by atoms with van der Waals surface area (Å²) in [4.78, 5) is 0. The molecule has 0 bridgehead atoms. The number of hydrogen-bond acceptors (Lipinski definition) is 3. The lowest BCUT2D eigenvalue weighted by Gasteiger charge is -2.06. The summed E-state index contributed by atoms with van der Waals surface area (Å²) in [5.74, 6) is -0.00976. The van der Waals surface area contributed by atoms with Crippen LogP contribution in [-0.4, -0.2) is 15.0 Å². The number of benzene rings is 1. The third-order valence-electron chi connectivity index (χ3n) is 2.41. The highest BCUT2D eigenvalue weighted by Gasteiger charge is 2.10. The smallest absolute Gasteiger partial charge is 0.215 e. The first-order chi connectivity index (χ1) is 8.03. The normalized spacial score (nSPS) is 11.6. The minimum Gasteiger partial charge on any atom is -0.399 e. The van der Waals surface area contributed by atoms with Crippen LogP contribution in [0.5, 0.6) is 0 Å². The van der Waals surface area contributed by atoms with Gasteiger partial charge >= 0.3 is 0 Å². The predicted octanol–water partition coefficient (Wildman–Crippen LogP) is 1.88. The summed E-state index contributed by atoms with van der Waals surface area (Å²) in [5, 5.41) is 0. The van der Waals surface area contributed by atoms with Crippen LogP contribution in [0.1, 0.15) is 31.7 Å². The molecule has 0 heterocycles. The molecule has 0 spiro atoms. The van der Waals surface area contributed by atoms with Gasteiger partial charge in [-0.3, -0.25) is 0 Å². The van der Waals surface area contributed by atoms with Crippen molar-refractivity contribution in [3.8, 4) is 0 Å². The fourth-order valence-corrected chi connectivity index (χ4v) is 2.73. The van der Waals surface area contributed by atoms with Crippen LogP contribution in [0.3, 0.4) is 0 Å². The molecule has 0 fully saturated rings. The highest BCUT2D eigenvalue weighted by atomic mass is 32.2. The fraction of sp³-hybridized carbons (Fsp3) is 0.500. The Hall–Kier alpha value is -1.07. The van der Waals surface area contributed by atoms with Crippen LogP contribution in [0.2, 0.25) is 0 Å². The Labute approximate surface area is 103 Å². The van der Waals surface area contributed by atoms with Crippen molar-refractivity contribution in [3.05, 3.63) is 29.8 Å². The van der Waals surface area contributed by atoms with Crippen molar-refractivity contribution < 1.29 is 8.42 Å². The highest BCUT2D eigenvalue weighted by Crippen LogP contribution is 2.09. The molecule has 0 aliphatic heterocycles. The fourth-order valence-electron chi connectivity index (χ4n) is 1.56. The lowest BCUT2D eigenvalue weighted by atomic mass is 10.2. The van der Waals surface area contributed by atoms with Crippen LogP contribution < -0.4 is 10.5 Å². The Kier molecular flexibility index (Phi) is 5.44. The van der Waals surface area contributed by atoms with E-state index in [1.165, 1.54) is 0 Å². The maximum absolute atomic E-state index is 11.7. The van der Waals surface area contributed by atoms with Gasteiger partial charge in [-0.2, -0.15) is 0 Å². The molecule has 0 unspecified atom stereocenters. The van der Waals surface area contributed by atoms with Gasteiger partial charge in [0.25, 0.3) is 0 Å². The molecule has 0 amide bonds. The molecule has 96 valence electrons. The molecule has 0 atom stereocenters. The first-order valence-corrected chi connectivity index (χ1v) is 7.50. The predicted molar refractivity (Wildman–Crippen MR) is 71.0 cm³/mol. The first-order valence-electron chi connectivity index (χ1n) is 5.85. The average Bonchev–Trinajstić information content (AvgIpc) is 2.24. The van der Waals surface area contributed by atoms with Gasteiger partial charge in [0, 0.05) is 12.2 Å². The van der Waals surface area contributed by atoms with Gasteiger partial charge < -0.3 is 5.73 Å². The van der Waals surface area contributed by atoms with Crippen LogP contribution in [0, 0.1) is 0 Å². The zero-order valence-electron chi connectivity index (χ0n) is 10.1. The van der Waals surface area contributed by atoms with E-state index in [0.717, 1.165) is 19.3 Å². The summed E-state index contributed by atoms with van der Waals surface area (Å²) in [6.07, 6.45) is 3.00. The summed E-state index contributed by atoms with van der Waals surface area (Å²) in [7, 11) is -3.24. The number of unbranched alkanes of at least 4 members (excludes halogenated alkanes) is 2. The van der Waals surface area contributed by atoms with Crippen LogP contribution in [0.25, 0.3) is 0 Å². The molecule has 1 rings (SSSR count). The molecule has 1 aromatic carbocycles. The van der Waals surface area contributed by atoms with E-state index in [2.05, 4.69) is 11.6 Å². The standard InChI is InChI=1S/C12H20N2O2S/c1-2-3-4-8-14-17(15,16)10-11-6-5-7-12(13)9-11/h5-7,9,14H,2-4,8,10,13H2,1H3. The Morgan fingerprint density at radius 1 is 1.29 bits per heavy atom. The Bertz CT molecular complexity index is 444. The number of hydrogen-bond donors (Lipinski definition) is 2. The van der Waals surface area contributed by atoms with Crippen molar-refractivity contribution in [2.24, 2.45) is 0 Å². The van der Waals surface area contributed by atoms with Gasteiger partial charge in [-0.15, -0.1) is 0 Å². The number of rotatable bonds is 7. The second-order valence-electron chi connectivity index (χ2n) is 4.11. The number of nitrogens with two attached hydrogens (primary N) is 1. The zero-order chi connectivity index (χ0) is 12.7. The Balaban J connectivity index is 2.49. The molecule has 0 saturated heterocycles. The van der Waals surface area contributed by atoms with E-state index < -0.39 is 10.0 Å². The highest BCUT2D eigenvalue weighted by molar-refractivity contribution is 7.88. The van der Waals surface area contributed by atoms with Gasteiger partial charge in [0.2, 0.25) is 10.0 Å². The van der Waals surface area contributed by atoms with Crippen LogP contribution >= 0.6 is 0 Å². The third-order valence-corrected chi connectivity index (χ3v) is 3.77. The number of nitrogen functional groups attached to an aromatic ring is 1. The average molecular weight is 256 g/mol. The molecule has 0 saturated carbocycles. The van der Waals surface area contributed by atoms with E-state index in [1.807, 2.05) is 0 Å². The largest absolute Gasteiger partial charge is 0.399 e. The van der Waals surface area contributed by atoms with Gasteiger partial charge in [-0.1, -0.05) is 31.9 Å². The number of sulfonamides is 1. The summed E-state index contributed by atoms with van der Waals surface area (Å²) in [6, 6.07) is 6.95. The van der Waals surface area contributed by atoms with E-state index >= 15 is 0 Å². The zero-order valence-corrected chi connectivity index (χ0v) is 11.0. The quantitative estimate of drug-likeness (QED) is 0.578. The lowest BCUT2D eigenvalue weighted by Crippen LogP contribution is -2.26. The lowest BCUT2D eigenvalue weighted by molar-refractivity contribution is 0.575. The molecule has 0 radical (unpaired) electrons. The summed E-state index contributed by atoms with van der Waals surface area (Å²) < 4.78 is 26.0. The molecule has 0 aliphatic rings. The minimum atomic E-state index is -3.24. The second kappa shape index (κ2) is 6.61. The first kappa shape index (κ1) is 14.0. The van der Waals surface area contributed by atoms with E-state index in [4.69, 9.17) is 5.73 Å². The van der Waals surface area contributed by atoms with Gasteiger partial charge in [-0.25, -0.2) is 13.1 Å². The summed E-state index contributed by atoms with van der Waals surface area (Å²) >= 11 is 0. The molecular formula is C12H20N2O2S. The van der Waals surface area contributed by atoms with E-state index in [-0.39, 0.29) is 5.75 Å². The topological polar surface area (TPSA) is 72.2 Å². The van der Waals surface area contributed by atoms with Gasteiger partial charge in [-0.05, 0) is 24.1 Å². The number of anilines is 1. The third kappa shape index (κ3) is 5.70. The molecular weight excluding hydrogens is 236 g/mol. The van der Waals surface area contributed by atoms with Gasteiger partial charge in [0.1, 0.15) is 0 Å².